The molecule has 0 radical (unpaired) electrons. The van der Waals surface area contributed by atoms with Gasteiger partial charge < -0.3 is 4.98 Å². The predicted octanol–water partition coefficient (Wildman–Crippen LogP) is 3.86. The Morgan fingerprint density at radius 3 is 2.50 bits per heavy atom. The minimum Gasteiger partial charge on any atom is -0.309 e. The molecule has 146 valence electrons. The molecule has 3 heterocycles. The van der Waals surface area contributed by atoms with Crippen molar-refractivity contribution >= 4 is 22.7 Å². The molecule has 0 fully saturated rings. The lowest BCUT2D eigenvalue weighted by molar-refractivity contribution is 0.883. The van der Waals surface area contributed by atoms with Gasteiger partial charge in [0.25, 0.3) is 5.56 Å². The van der Waals surface area contributed by atoms with E-state index in [4.69, 9.17) is 0 Å². The van der Waals surface area contributed by atoms with Crippen molar-refractivity contribution in [2.45, 2.75) is 10.9 Å². The van der Waals surface area contributed by atoms with Crippen molar-refractivity contribution < 1.29 is 0 Å². The zero-order valence-corrected chi connectivity index (χ0v) is 16.6. The monoisotopic (exact) mass is 412 g/mol. The van der Waals surface area contributed by atoms with E-state index in [0.717, 1.165) is 17.1 Å². The minimum absolute atomic E-state index is 0.141. The van der Waals surface area contributed by atoms with Gasteiger partial charge >= 0.3 is 0 Å². The fourth-order valence-electron chi connectivity index (χ4n) is 3.20. The number of aromatic amines is 1. The van der Waals surface area contributed by atoms with Gasteiger partial charge in [-0.3, -0.25) is 14.3 Å². The van der Waals surface area contributed by atoms with E-state index in [-0.39, 0.29) is 5.56 Å². The lowest BCUT2D eigenvalue weighted by Gasteiger charge is -2.10. The summed E-state index contributed by atoms with van der Waals surface area (Å²) in [6, 6.07) is 21.1. The highest BCUT2D eigenvalue weighted by Crippen LogP contribution is 2.29. The molecule has 0 amide bonds. The first kappa shape index (κ1) is 18.3. The fraction of sp³-hybridized carbons (Fsp3) is 0.0455. The van der Waals surface area contributed by atoms with Gasteiger partial charge in [0, 0.05) is 23.6 Å². The van der Waals surface area contributed by atoms with Gasteiger partial charge in [-0.05, 0) is 36.4 Å². The Labute approximate surface area is 175 Å². The Bertz CT molecular complexity index is 1370. The van der Waals surface area contributed by atoms with Crippen molar-refractivity contribution in [2.75, 3.05) is 0 Å². The van der Waals surface area contributed by atoms with Gasteiger partial charge in [0.15, 0.2) is 11.0 Å². The van der Waals surface area contributed by atoms with Crippen molar-refractivity contribution in [3.8, 4) is 17.1 Å². The number of rotatable bonds is 5. The van der Waals surface area contributed by atoms with Crippen molar-refractivity contribution in [3.05, 3.63) is 95.3 Å². The molecule has 3 aromatic heterocycles. The lowest BCUT2D eigenvalue weighted by atomic mass is 10.2. The third kappa shape index (κ3) is 3.48. The average molecular weight is 412 g/mol. The molecule has 0 unspecified atom stereocenters. The highest BCUT2D eigenvalue weighted by Gasteiger charge is 2.16. The van der Waals surface area contributed by atoms with Crippen LogP contribution in [0.4, 0.5) is 0 Å². The summed E-state index contributed by atoms with van der Waals surface area (Å²) in [5.74, 6) is 1.78. The Balaban J connectivity index is 1.52. The highest BCUT2D eigenvalue weighted by molar-refractivity contribution is 7.98. The van der Waals surface area contributed by atoms with Crippen LogP contribution < -0.4 is 5.56 Å². The number of benzene rings is 2. The second-order valence-corrected chi connectivity index (χ2v) is 7.47. The number of pyridine rings is 1. The molecule has 0 aliphatic heterocycles. The second-order valence-electron chi connectivity index (χ2n) is 6.53. The molecule has 1 N–H and O–H groups in total. The molecule has 0 aliphatic carbocycles. The maximum atomic E-state index is 12.3. The van der Waals surface area contributed by atoms with Crippen molar-refractivity contribution in [1.29, 1.82) is 0 Å². The van der Waals surface area contributed by atoms with Gasteiger partial charge in [-0.25, -0.2) is 4.98 Å². The number of hydrogen-bond donors (Lipinski definition) is 1. The summed E-state index contributed by atoms with van der Waals surface area (Å²) < 4.78 is 2.00. The van der Waals surface area contributed by atoms with Gasteiger partial charge in [-0.2, -0.15) is 0 Å². The number of fused-ring (bicyclic) bond motifs is 1. The summed E-state index contributed by atoms with van der Waals surface area (Å²) in [7, 11) is 0. The van der Waals surface area contributed by atoms with Gasteiger partial charge in [0.1, 0.15) is 5.82 Å². The Hall–Kier alpha value is -3.78. The minimum atomic E-state index is -0.141. The molecule has 5 rings (SSSR count). The lowest BCUT2D eigenvalue weighted by Crippen LogP contribution is -2.11. The number of hydrogen-bond acceptors (Lipinski definition) is 6. The predicted molar refractivity (Wildman–Crippen MR) is 117 cm³/mol. The molecular formula is C22H16N6OS. The van der Waals surface area contributed by atoms with Gasteiger partial charge in [-0.15, -0.1) is 10.2 Å². The van der Waals surface area contributed by atoms with E-state index in [1.807, 2.05) is 65.2 Å². The van der Waals surface area contributed by atoms with Crippen LogP contribution >= 0.6 is 11.8 Å². The van der Waals surface area contributed by atoms with E-state index < -0.39 is 0 Å². The summed E-state index contributed by atoms with van der Waals surface area (Å²) in [6.07, 6.45) is 3.46. The second kappa shape index (κ2) is 7.92. The fourth-order valence-corrected chi connectivity index (χ4v) is 4.02. The van der Waals surface area contributed by atoms with E-state index in [1.54, 1.807) is 18.5 Å². The van der Waals surface area contributed by atoms with Crippen LogP contribution in [0.15, 0.2) is 89.1 Å². The molecule has 0 saturated carbocycles. The van der Waals surface area contributed by atoms with Crippen molar-refractivity contribution in [1.82, 2.24) is 29.7 Å². The summed E-state index contributed by atoms with van der Waals surface area (Å²) in [6.45, 7) is 0. The maximum Gasteiger partial charge on any atom is 0.258 e. The van der Waals surface area contributed by atoms with Crippen LogP contribution in [0.3, 0.4) is 0 Å². The topological polar surface area (TPSA) is 89.4 Å². The van der Waals surface area contributed by atoms with Gasteiger partial charge in [-0.1, -0.05) is 42.1 Å². The van der Waals surface area contributed by atoms with E-state index in [1.165, 1.54) is 11.8 Å². The van der Waals surface area contributed by atoms with Gasteiger partial charge in [0.05, 0.1) is 16.7 Å². The molecule has 0 atom stereocenters. The zero-order valence-electron chi connectivity index (χ0n) is 15.8. The molecule has 2 aromatic carbocycles. The van der Waals surface area contributed by atoms with E-state index in [2.05, 4.69) is 25.1 Å². The zero-order chi connectivity index (χ0) is 20.3. The molecular weight excluding hydrogens is 396 g/mol. The van der Waals surface area contributed by atoms with E-state index >= 15 is 0 Å². The van der Waals surface area contributed by atoms with Crippen LogP contribution in [0.2, 0.25) is 0 Å². The van der Waals surface area contributed by atoms with Crippen LogP contribution in [0.1, 0.15) is 5.82 Å². The van der Waals surface area contributed by atoms with E-state index in [0.29, 0.717) is 27.6 Å². The number of nitrogens with zero attached hydrogens (tertiary/aromatic N) is 5. The Morgan fingerprint density at radius 1 is 0.900 bits per heavy atom. The van der Waals surface area contributed by atoms with Crippen LogP contribution in [0.5, 0.6) is 0 Å². The molecule has 30 heavy (non-hydrogen) atoms. The summed E-state index contributed by atoms with van der Waals surface area (Å²) >= 11 is 1.47. The SMILES string of the molecule is O=c1[nH]c(CSc2nnc(-c3ccncc3)n2-c2ccccc2)nc2ccccc12. The third-order valence-corrected chi connectivity index (χ3v) is 5.53. The average Bonchev–Trinajstić information content (AvgIpc) is 3.23. The van der Waals surface area contributed by atoms with Gasteiger partial charge in [0.2, 0.25) is 0 Å². The quantitative estimate of drug-likeness (QED) is 0.441. The highest BCUT2D eigenvalue weighted by atomic mass is 32.2. The maximum absolute atomic E-state index is 12.3. The number of para-hydroxylation sites is 2. The number of H-pyrrole nitrogens is 1. The molecule has 0 aliphatic rings. The molecule has 8 heteroatoms. The number of aromatic nitrogens is 6. The Morgan fingerprint density at radius 2 is 1.67 bits per heavy atom. The van der Waals surface area contributed by atoms with Crippen LogP contribution in [-0.4, -0.2) is 29.7 Å². The summed E-state index contributed by atoms with van der Waals surface area (Å²) in [4.78, 5) is 23.9. The largest absolute Gasteiger partial charge is 0.309 e. The first-order valence-corrected chi connectivity index (χ1v) is 10.3. The third-order valence-electron chi connectivity index (χ3n) is 4.59. The normalized spacial score (nSPS) is 11.1. The molecule has 0 saturated heterocycles. The summed E-state index contributed by atoms with van der Waals surface area (Å²) in [5, 5.41) is 10.1. The summed E-state index contributed by atoms with van der Waals surface area (Å²) in [5.41, 5.74) is 2.42. The van der Waals surface area contributed by atoms with Crippen molar-refractivity contribution in [2.24, 2.45) is 0 Å². The Kier molecular flexibility index (Phi) is 4.82. The van der Waals surface area contributed by atoms with E-state index in [9.17, 15) is 4.79 Å². The molecule has 0 bridgehead atoms. The standard InChI is InChI=1S/C22H16N6OS/c29-21-17-8-4-5-9-18(17)24-19(25-21)14-30-22-27-26-20(15-10-12-23-13-11-15)28(22)16-6-2-1-3-7-16/h1-13H,14H2,(H,24,25,29). The number of nitrogens with one attached hydrogen (secondary N) is 1. The first-order chi connectivity index (χ1) is 14.8. The van der Waals surface area contributed by atoms with Crippen molar-refractivity contribution in [3.63, 3.8) is 0 Å². The molecule has 0 spiro atoms. The van der Waals surface area contributed by atoms with Crippen LogP contribution in [-0.2, 0) is 5.75 Å². The van der Waals surface area contributed by atoms with Crippen LogP contribution in [0.25, 0.3) is 28.0 Å². The number of thioether (sulfide) groups is 1. The van der Waals surface area contributed by atoms with Crippen LogP contribution in [0, 0.1) is 0 Å². The first-order valence-electron chi connectivity index (χ1n) is 9.31. The molecule has 5 aromatic rings. The smallest absolute Gasteiger partial charge is 0.258 e. The molecule has 7 nitrogen and oxygen atoms in total.